The van der Waals surface area contributed by atoms with Gasteiger partial charge >= 0.3 is 0 Å². The molecule has 188 valence electrons. The molecule has 5 rings (SSSR count). The van der Waals surface area contributed by atoms with Gasteiger partial charge in [-0.15, -0.1) is 0 Å². The molecule has 0 bridgehead atoms. The van der Waals surface area contributed by atoms with Gasteiger partial charge in [0, 0.05) is 24.6 Å². The van der Waals surface area contributed by atoms with E-state index in [9.17, 15) is 9.90 Å². The molecule has 0 aromatic carbocycles. The average Bonchev–Trinajstić information content (AvgIpc) is 3.12. The van der Waals surface area contributed by atoms with Crippen LogP contribution in [0.3, 0.4) is 0 Å². The molecule has 5 saturated carbocycles. The van der Waals surface area contributed by atoms with Gasteiger partial charge in [-0.05, 0) is 106 Å². The highest BCUT2D eigenvalue weighted by Gasteiger charge is 2.64. The van der Waals surface area contributed by atoms with Crippen LogP contribution in [0.4, 0.5) is 0 Å². The molecule has 0 amide bonds. The minimum Gasteiger partial charge on any atom is -0.390 e. The summed E-state index contributed by atoms with van der Waals surface area (Å²) in [6.07, 6.45) is 14.3. The van der Waals surface area contributed by atoms with Crippen LogP contribution < -0.4 is 5.32 Å². The van der Waals surface area contributed by atoms with Gasteiger partial charge in [-0.1, -0.05) is 33.1 Å². The van der Waals surface area contributed by atoms with Crippen LogP contribution in [0.15, 0.2) is 0 Å². The van der Waals surface area contributed by atoms with E-state index in [1.54, 1.807) is 0 Å². The zero-order chi connectivity index (χ0) is 23.4. The second kappa shape index (κ2) is 9.21. The third kappa shape index (κ3) is 4.04. The monoisotopic (exact) mass is 459 g/mol. The number of ketones is 1. The Morgan fingerprint density at radius 3 is 2.45 bits per heavy atom. The van der Waals surface area contributed by atoms with Crippen LogP contribution in [0.5, 0.6) is 0 Å². The Hall–Kier alpha value is -0.450. The fraction of sp³-hybridized carbons (Fsp3) is 0.966. The van der Waals surface area contributed by atoms with Gasteiger partial charge in [-0.2, -0.15) is 0 Å². The van der Waals surface area contributed by atoms with E-state index in [1.165, 1.54) is 51.4 Å². The van der Waals surface area contributed by atoms with Crippen LogP contribution in [-0.4, -0.2) is 41.8 Å². The van der Waals surface area contributed by atoms with Crippen molar-refractivity contribution in [1.29, 1.82) is 0 Å². The van der Waals surface area contributed by atoms with E-state index in [-0.39, 0.29) is 29.0 Å². The van der Waals surface area contributed by atoms with E-state index in [1.807, 2.05) is 6.92 Å². The van der Waals surface area contributed by atoms with E-state index in [2.05, 4.69) is 26.1 Å². The SMILES string of the molecule is CCOC1C[C@@]2(C)C(CC[C@H]3[C@@H]4CC[C@H](C(C)=O)[C@@]4(C)CC(NC4CCCCC4)[C@@H]32)CC1O. The summed E-state index contributed by atoms with van der Waals surface area (Å²) in [7, 11) is 0. The molecule has 0 radical (unpaired) electrons. The second-order valence-electron chi connectivity index (χ2n) is 13.1. The Balaban J connectivity index is 1.49. The smallest absolute Gasteiger partial charge is 0.133 e. The number of carbonyl (C=O) groups excluding carboxylic acids is 1. The molecule has 10 atom stereocenters. The standard InChI is InChI=1S/C29H49NO3/c1-5-33-26-17-28(3)19(15-25(26)32)11-12-21-23-14-13-22(18(2)31)29(23,4)16-24(27(21)28)30-20-9-7-6-8-10-20/h19-27,30,32H,5-17H2,1-4H3/t19?,21-,22+,23-,24?,25?,26?,27+,28-,29+/m0/s1. The molecule has 0 aliphatic heterocycles. The normalized spacial score (nSPS) is 50.3. The first-order valence-corrected chi connectivity index (χ1v) is 14.3. The number of ether oxygens (including phenoxy) is 1. The van der Waals surface area contributed by atoms with Crippen molar-refractivity contribution in [2.24, 2.45) is 40.4 Å². The Labute approximate surface area is 202 Å². The maximum atomic E-state index is 12.7. The van der Waals surface area contributed by atoms with Crippen molar-refractivity contribution >= 4 is 5.78 Å². The summed E-state index contributed by atoms with van der Waals surface area (Å²) < 4.78 is 6.11. The number of hydrogen-bond donors (Lipinski definition) is 2. The summed E-state index contributed by atoms with van der Waals surface area (Å²) >= 11 is 0. The lowest BCUT2D eigenvalue weighted by Crippen LogP contribution is -2.65. The van der Waals surface area contributed by atoms with Gasteiger partial charge in [0.1, 0.15) is 5.78 Å². The highest BCUT2D eigenvalue weighted by Crippen LogP contribution is 2.67. The van der Waals surface area contributed by atoms with Crippen LogP contribution >= 0.6 is 0 Å². The minimum atomic E-state index is -0.313. The summed E-state index contributed by atoms with van der Waals surface area (Å²) in [5.41, 5.74) is 0.361. The highest BCUT2D eigenvalue weighted by atomic mass is 16.5. The number of Topliss-reactive ketones (excluding diaryl/α,β-unsaturated/α-hetero) is 1. The van der Waals surface area contributed by atoms with Gasteiger partial charge in [-0.25, -0.2) is 0 Å². The van der Waals surface area contributed by atoms with Crippen molar-refractivity contribution < 1.29 is 14.6 Å². The highest BCUT2D eigenvalue weighted by molar-refractivity contribution is 5.79. The van der Waals surface area contributed by atoms with Gasteiger partial charge < -0.3 is 15.2 Å². The second-order valence-corrected chi connectivity index (χ2v) is 13.1. The molecule has 4 unspecified atom stereocenters. The van der Waals surface area contributed by atoms with Crippen LogP contribution in [0.2, 0.25) is 0 Å². The lowest BCUT2D eigenvalue weighted by molar-refractivity contribution is -0.180. The topological polar surface area (TPSA) is 58.6 Å². The van der Waals surface area contributed by atoms with E-state index in [0.717, 1.165) is 25.7 Å². The molecular weight excluding hydrogens is 410 g/mol. The third-order valence-electron chi connectivity index (χ3n) is 11.5. The molecule has 2 N–H and O–H groups in total. The Morgan fingerprint density at radius 2 is 1.76 bits per heavy atom. The van der Waals surface area contributed by atoms with Crippen LogP contribution in [-0.2, 0) is 9.53 Å². The number of rotatable bonds is 5. The molecule has 4 heteroatoms. The summed E-state index contributed by atoms with van der Waals surface area (Å²) in [6, 6.07) is 1.13. The first-order chi connectivity index (χ1) is 15.8. The van der Waals surface area contributed by atoms with Gasteiger partial charge in [0.2, 0.25) is 0 Å². The van der Waals surface area contributed by atoms with E-state index in [4.69, 9.17) is 4.74 Å². The fourth-order valence-electron chi connectivity index (χ4n) is 10.2. The van der Waals surface area contributed by atoms with Gasteiger partial charge in [-0.3, -0.25) is 4.79 Å². The largest absolute Gasteiger partial charge is 0.390 e. The summed E-state index contributed by atoms with van der Waals surface area (Å²) in [5, 5.41) is 15.1. The molecular formula is C29H49NO3. The first kappa shape index (κ1) is 24.3. The zero-order valence-electron chi connectivity index (χ0n) is 21.7. The van der Waals surface area contributed by atoms with E-state index >= 15 is 0 Å². The lowest BCUT2D eigenvalue weighted by Gasteiger charge is -2.64. The molecule has 0 aromatic rings. The van der Waals surface area contributed by atoms with Crippen molar-refractivity contribution in [3.05, 3.63) is 0 Å². The number of fused-ring (bicyclic) bond motifs is 5. The van der Waals surface area contributed by atoms with Crippen molar-refractivity contribution in [2.75, 3.05) is 6.61 Å². The van der Waals surface area contributed by atoms with E-state index in [0.29, 0.717) is 48.1 Å². The number of carbonyl (C=O) groups is 1. The molecule has 0 saturated heterocycles. The molecule has 33 heavy (non-hydrogen) atoms. The third-order valence-corrected chi connectivity index (χ3v) is 11.5. The van der Waals surface area contributed by atoms with Crippen LogP contribution in [0.1, 0.15) is 105 Å². The quantitative estimate of drug-likeness (QED) is 0.569. The predicted molar refractivity (Wildman–Crippen MR) is 132 cm³/mol. The van der Waals surface area contributed by atoms with Crippen molar-refractivity contribution in [1.82, 2.24) is 5.32 Å². The molecule has 5 fully saturated rings. The molecule has 0 spiro atoms. The summed E-state index contributed by atoms with van der Waals surface area (Å²) in [4.78, 5) is 12.7. The van der Waals surface area contributed by atoms with Crippen LogP contribution in [0.25, 0.3) is 0 Å². The van der Waals surface area contributed by atoms with Gasteiger partial charge in [0.05, 0.1) is 12.2 Å². The average molecular weight is 460 g/mol. The van der Waals surface area contributed by atoms with Gasteiger partial charge in [0.25, 0.3) is 0 Å². The Bertz CT molecular complexity index is 720. The maximum Gasteiger partial charge on any atom is 0.133 e. The summed E-state index contributed by atoms with van der Waals surface area (Å²) in [5.74, 6) is 3.28. The number of aliphatic hydroxyl groups is 1. The first-order valence-electron chi connectivity index (χ1n) is 14.3. The number of hydrogen-bond acceptors (Lipinski definition) is 4. The molecule has 4 nitrogen and oxygen atoms in total. The van der Waals surface area contributed by atoms with E-state index < -0.39 is 0 Å². The fourth-order valence-corrected chi connectivity index (χ4v) is 10.2. The molecule has 0 aromatic heterocycles. The Morgan fingerprint density at radius 1 is 1.00 bits per heavy atom. The number of nitrogens with one attached hydrogen (secondary N) is 1. The maximum absolute atomic E-state index is 12.7. The van der Waals surface area contributed by atoms with Crippen molar-refractivity contribution in [3.8, 4) is 0 Å². The van der Waals surface area contributed by atoms with Crippen LogP contribution in [0, 0.1) is 40.4 Å². The molecule has 5 aliphatic carbocycles. The number of aliphatic hydroxyl groups excluding tert-OH is 1. The zero-order valence-corrected chi connectivity index (χ0v) is 21.7. The lowest BCUT2D eigenvalue weighted by atomic mass is 9.43. The Kier molecular flexibility index (Phi) is 6.77. The van der Waals surface area contributed by atoms with Crippen molar-refractivity contribution in [3.63, 3.8) is 0 Å². The summed E-state index contributed by atoms with van der Waals surface area (Å²) in [6.45, 7) is 9.62. The van der Waals surface area contributed by atoms with Crippen molar-refractivity contribution in [2.45, 2.75) is 129 Å². The molecule has 5 aliphatic rings. The van der Waals surface area contributed by atoms with Gasteiger partial charge in [0.15, 0.2) is 0 Å². The molecule has 0 heterocycles. The minimum absolute atomic E-state index is 0.0211. The predicted octanol–water partition coefficient (Wildman–Crippen LogP) is 5.51.